The number of piperidine rings is 2. The Morgan fingerprint density at radius 3 is 2.25 bits per heavy atom. The molecule has 52 heavy (non-hydrogen) atoms. The predicted molar refractivity (Wildman–Crippen MR) is 206 cm³/mol. The lowest BCUT2D eigenvalue weighted by atomic mass is 9.87. The van der Waals surface area contributed by atoms with Crippen LogP contribution in [0.4, 0.5) is 5.82 Å². The molecular formula is C33H42Br2ClN5O8S3. The number of rotatable bonds is 17. The third-order valence-corrected chi connectivity index (χ3v) is 16.4. The average Bonchev–Trinajstić information content (AvgIpc) is 3.78. The molecule has 0 aliphatic carbocycles. The smallest absolute Gasteiger partial charge is 0.321 e. The maximum atomic E-state index is 13.1. The molecular weight excluding hydrogens is 886 g/mol. The maximum Gasteiger partial charge on any atom is 0.321 e. The molecule has 0 spiro atoms. The molecule has 13 nitrogen and oxygen atoms in total. The Labute approximate surface area is 330 Å². The number of carboxylic acid groups (broad SMARTS) is 1. The second-order valence-corrected chi connectivity index (χ2v) is 20.4. The lowest BCUT2D eigenvalue weighted by molar-refractivity contribution is -0.139. The van der Waals surface area contributed by atoms with E-state index in [1.807, 2.05) is 0 Å². The second-order valence-electron chi connectivity index (χ2n) is 13.1. The molecule has 2 aliphatic heterocycles. The number of amides is 1. The molecule has 5 rings (SSSR count). The minimum absolute atomic E-state index is 0.0426. The largest absolute Gasteiger partial charge is 0.480 e. The molecule has 2 aliphatic rings. The van der Waals surface area contributed by atoms with Gasteiger partial charge in [-0.1, -0.05) is 30.9 Å². The van der Waals surface area contributed by atoms with Crippen molar-refractivity contribution < 1.29 is 35.9 Å². The Morgan fingerprint density at radius 2 is 1.67 bits per heavy atom. The van der Waals surface area contributed by atoms with E-state index >= 15 is 0 Å². The van der Waals surface area contributed by atoms with E-state index in [4.69, 9.17) is 16.0 Å². The zero-order chi connectivity index (χ0) is 37.5. The standard InChI is InChI=1S/C33H42Br2ClN5O8S3/c34-25-20-29(50-30(25)36)52(47,48)41-16-11-23(12-17-41)6-3-5-22-9-14-40(15-10-22)31-26(35)19-24(21-38-31)51(45,46)39-27(33(43)44)7-1-2-13-37-32(42)28-8-4-18-49-28/h4,8,18-23,27,39H,1-3,5-7,9-17H2,(H,37,42)(H,43,44). The Bertz CT molecular complexity index is 1880. The Balaban J connectivity index is 1.02. The van der Waals surface area contributed by atoms with E-state index in [1.165, 1.54) is 24.6 Å². The minimum atomic E-state index is -4.18. The molecule has 3 aromatic rings. The van der Waals surface area contributed by atoms with Crippen LogP contribution in [0, 0.1) is 11.8 Å². The molecule has 0 radical (unpaired) electrons. The molecule has 1 unspecified atom stereocenters. The number of furan rings is 1. The summed E-state index contributed by atoms with van der Waals surface area (Å²) in [5, 5.41) is 12.4. The molecule has 0 saturated carbocycles. The van der Waals surface area contributed by atoms with Crippen molar-refractivity contribution in [2.45, 2.75) is 79.4 Å². The molecule has 1 atom stereocenters. The van der Waals surface area contributed by atoms with E-state index in [2.05, 4.69) is 51.8 Å². The first kappa shape index (κ1) is 41.1. The van der Waals surface area contributed by atoms with Crippen LogP contribution in [0.1, 0.15) is 74.8 Å². The fourth-order valence-corrected chi connectivity index (χ4v) is 12.5. The SMILES string of the molecule is O=C(NCCCCC(NS(=O)(=O)c1cnc(N2CCC(CCCC3CCN(S(=O)(=O)c4cc(Br)c(Cl)s4)CC3)CC2)c(Br)c1)C(=O)O)c1ccco1. The van der Waals surface area contributed by atoms with E-state index in [0.717, 1.165) is 69.4 Å². The second kappa shape index (κ2) is 18.5. The number of unbranched alkanes of at least 4 members (excludes halogenated alkanes) is 1. The molecule has 0 bridgehead atoms. The summed E-state index contributed by atoms with van der Waals surface area (Å²) < 4.78 is 63.0. The van der Waals surface area contributed by atoms with Gasteiger partial charge in [-0.3, -0.25) is 9.59 Å². The number of hydrogen-bond donors (Lipinski definition) is 3. The first-order chi connectivity index (χ1) is 24.7. The number of hydrogen-bond acceptors (Lipinski definition) is 10. The van der Waals surface area contributed by atoms with Gasteiger partial charge < -0.3 is 19.7 Å². The van der Waals surface area contributed by atoms with Crippen molar-refractivity contribution in [3.8, 4) is 0 Å². The van der Waals surface area contributed by atoms with Crippen LogP contribution < -0.4 is 14.9 Å². The molecule has 2 saturated heterocycles. The lowest BCUT2D eigenvalue weighted by Crippen LogP contribution is -2.41. The quantitative estimate of drug-likeness (QED) is 0.123. The molecule has 286 valence electrons. The van der Waals surface area contributed by atoms with Crippen LogP contribution in [0.2, 0.25) is 4.34 Å². The number of carbonyl (C=O) groups excluding carboxylic acids is 1. The third kappa shape index (κ3) is 10.8. The Kier molecular flexibility index (Phi) is 14.6. The third-order valence-electron chi connectivity index (χ3n) is 9.58. The predicted octanol–water partition coefficient (Wildman–Crippen LogP) is 6.73. The fourth-order valence-electron chi connectivity index (χ4n) is 6.60. The van der Waals surface area contributed by atoms with Gasteiger partial charge in [0.25, 0.3) is 15.9 Å². The number of thiophene rings is 1. The van der Waals surface area contributed by atoms with Gasteiger partial charge in [-0.05, 0) is 113 Å². The first-order valence-corrected chi connectivity index (χ1v) is 22.9. The summed E-state index contributed by atoms with van der Waals surface area (Å²) in [7, 11) is -7.70. The van der Waals surface area contributed by atoms with Gasteiger partial charge in [0, 0.05) is 43.4 Å². The summed E-state index contributed by atoms with van der Waals surface area (Å²) in [6, 6.07) is 4.82. The summed E-state index contributed by atoms with van der Waals surface area (Å²) in [5.74, 6) is 0.229. The molecule has 2 fully saturated rings. The minimum Gasteiger partial charge on any atom is -0.480 e. The highest BCUT2D eigenvalue weighted by Crippen LogP contribution is 2.37. The van der Waals surface area contributed by atoms with Crippen LogP contribution in [0.25, 0.3) is 0 Å². The molecule has 1 amide bonds. The monoisotopic (exact) mass is 925 g/mol. The maximum absolute atomic E-state index is 13.1. The topological polar surface area (TPSA) is 179 Å². The van der Waals surface area contributed by atoms with Gasteiger partial charge >= 0.3 is 5.97 Å². The van der Waals surface area contributed by atoms with Gasteiger partial charge in [0.1, 0.15) is 25.3 Å². The van der Waals surface area contributed by atoms with Crippen LogP contribution in [0.5, 0.6) is 0 Å². The first-order valence-electron chi connectivity index (χ1n) is 17.2. The molecule has 5 heterocycles. The molecule has 3 N–H and O–H groups in total. The average molecular weight is 928 g/mol. The normalized spacial score (nSPS) is 17.3. The number of anilines is 1. The summed E-state index contributed by atoms with van der Waals surface area (Å²) in [4.78, 5) is 30.3. The van der Waals surface area contributed by atoms with E-state index < -0.39 is 32.1 Å². The van der Waals surface area contributed by atoms with Crippen molar-refractivity contribution in [1.82, 2.24) is 19.3 Å². The van der Waals surface area contributed by atoms with E-state index in [-0.39, 0.29) is 33.7 Å². The van der Waals surface area contributed by atoms with Crippen molar-refractivity contribution in [2.75, 3.05) is 37.6 Å². The van der Waals surface area contributed by atoms with Gasteiger partial charge in [-0.25, -0.2) is 21.8 Å². The summed E-state index contributed by atoms with van der Waals surface area (Å²) in [5.41, 5.74) is 0. The Morgan fingerprint density at radius 1 is 1.00 bits per heavy atom. The highest BCUT2D eigenvalue weighted by molar-refractivity contribution is 9.11. The van der Waals surface area contributed by atoms with Crippen LogP contribution >= 0.6 is 54.8 Å². The highest BCUT2D eigenvalue weighted by atomic mass is 79.9. The van der Waals surface area contributed by atoms with E-state index in [9.17, 15) is 31.5 Å². The number of carboxylic acids is 1. The zero-order valence-corrected chi connectivity index (χ0v) is 34.7. The number of sulfonamides is 2. The van der Waals surface area contributed by atoms with Crippen molar-refractivity contribution in [3.05, 3.63) is 55.8 Å². The van der Waals surface area contributed by atoms with E-state index in [0.29, 0.717) is 56.9 Å². The van der Waals surface area contributed by atoms with Gasteiger partial charge in [0.05, 0.1) is 10.7 Å². The van der Waals surface area contributed by atoms with Crippen LogP contribution in [0.15, 0.2) is 59.2 Å². The number of aliphatic carboxylic acids is 1. The lowest BCUT2D eigenvalue weighted by Gasteiger charge is -2.34. The molecule has 3 aromatic heterocycles. The number of carbonyl (C=O) groups is 2. The van der Waals surface area contributed by atoms with Crippen molar-refractivity contribution in [3.63, 3.8) is 0 Å². The van der Waals surface area contributed by atoms with Crippen LogP contribution in [-0.2, 0) is 24.8 Å². The Hall–Kier alpha value is -2.06. The number of pyridine rings is 1. The summed E-state index contributed by atoms with van der Waals surface area (Å²) >= 11 is 13.9. The van der Waals surface area contributed by atoms with Gasteiger partial charge in [-0.2, -0.15) is 9.03 Å². The summed E-state index contributed by atoms with van der Waals surface area (Å²) in [6.45, 7) is 2.89. The van der Waals surface area contributed by atoms with Gasteiger partial charge in [0.2, 0.25) is 10.0 Å². The number of halogens is 3. The van der Waals surface area contributed by atoms with Gasteiger partial charge in [0.15, 0.2) is 5.76 Å². The zero-order valence-electron chi connectivity index (χ0n) is 28.3. The van der Waals surface area contributed by atoms with Gasteiger partial charge in [-0.15, -0.1) is 11.3 Å². The summed E-state index contributed by atoms with van der Waals surface area (Å²) in [6.07, 6.45) is 10.5. The van der Waals surface area contributed by atoms with Crippen LogP contribution in [-0.4, -0.2) is 81.9 Å². The fraction of sp³-hybridized carbons (Fsp3) is 0.545. The van der Waals surface area contributed by atoms with Crippen molar-refractivity contribution in [2.24, 2.45) is 11.8 Å². The van der Waals surface area contributed by atoms with Crippen LogP contribution in [0.3, 0.4) is 0 Å². The van der Waals surface area contributed by atoms with E-state index in [1.54, 1.807) is 16.4 Å². The van der Waals surface area contributed by atoms with Crippen molar-refractivity contribution >= 4 is 92.5 Å². The van der Waals surface area contributed by atoms with Crippen molar-refractivity contribution in [1.29, 1.82) is 0 Å². The number of nitrogens with zero attached hydrogens (tertiary/aromatic N) is 3. The number of nitrogens with one attached hydrogen (secondary N) is 2. The molecule has 19 heteroatoms. The molecule has 0 aromatic carbocycles. The number of aromatic nitrogens is 1. The highest BCUT2D eigenvalue weighted by Gasteiger charge is 2.32.